The normalized spacial score (nSPS) is 20.5. The van der Waals surface area contributed by atoms with Crippen LogP contribution in [-0.4, -0.2) is 56.1 Å². The molecule has 0 spiro atoms. The summed E-state index contributed by atoms with van der Waals surface area (Å²) in [4.78, 5) is 4.93. The van der Waals surface area contributed by atoms with Gasteiger partial charge in [0.15, 0.2) is 0 Å². The predicted octanol–water partition coefficient (Wildman–Crippen LogP) is 2.12. The average Bonchev–Trinajstić information content (AvgIpc) is 2.85. The summed E-state index contributed by atoms with van der Waals surface area (Å²) in [5.41, 5.74) is 1.23. The molecule has 1 aliphatic heterocycles. The standard InChI is InChI=1S/C15H25N3/c1-17(2)15-9-12-18(13-15)11-6-10-16-14-7-4-3-5-8-14/h3-5,7-8,15-16H,6,9-13H2,1-2H3. The molecule has 1 N–H and O–H groups in total. The molecule has 0 bridgehead atoms. The number of nitrogens with one attached hydrogen (secondary N) is 1. The SMILES string of the molecule is CN(C)C1CCN(CCCNc2ccccc2)C1. The second kappa shape index (κ2) is 6.76. The van der Waals surface area contributed by atoms with E-state index in [2.05, 4.69) is 59.5 Å². The highest BCUT2D eigenvalue weighted by molar-refractivity contribution is 5.42. The first-order valence-electron chi connectivity index (χ1n) is 6.93. The summed E-state index contributed by atoms with van der Waals surface area (Å²) in [5, 5.41) is 3.47. The topological polar surface area (TPSA) is 18.5 Å². The number of likely N-dealkylation sites (N-methyl/N-ethyl adjacent to an activating group) is 1. The van der Waals surface area contributed by atoms with Crippen LogP contribution in [0.1, 0.15) is 12.8 Å². The van der Waals surface area contributed by atoms with Gasteiger partial charge in [0.2, 0.25) is 0 Å². The Morgan fingerprint density at radius 1 is 1.28 bits per heavy atom. The van der Waals surface area contributed by atoms with Gasteiger partial charge in [-0.2, -0.15) is 0 Å². The Labute approximate surface area is 111 Å². The van der Waals surface area contributed by atoms with Crippen molar-refractivity contribution in [2.45, 2.75) is 18.9 Å². The van der Waals surface area contributed by atoms with E-state index in [9.17, 15) is 0 Å². The van der Waals surface area contributed by atoms with E-state index in [1.165, 1.54) is 38.2 Å². The van der Waals surface area contributed by atoms with E-state index in [4.69, 9.17) is 0 Å². The minimum atomic E-state index is 0.757. The number of nitrogens with zero attached hydrogens (tertiary/aromatic N) is 2. The number of hydrogen-bond acceptors (Lipinski definition) is 3. The van der Waals surface area contributed by atoms with Gasteiger partial charge < -0.3 is 15.1 Å². The smallest absolute Gasteiger partial charge is 0.0340 e. The molecule has 1 heterocycles. The quantitative estimate of drug-likeness (QED) is 0.777. The van der Waals surface area contributed by atoms with Crippen LogP contribution in [0.2, 0.25) is 0 Å². The summed E-state index contributed by atoms with van der Waals surface area (Å²) in [7, 11) is 4.37. The second-order valence-corrected chi connectivity index (χ2v) is 5.35. The summed E-state index contributed by atoms with van der Waals surface area (Å²) < 4.78 is 0. The second-order valence-electron chi connectivity index (χ2n) is 5.35. The third-order valence-corrected chi connectivity index (χ3v) is 3.73. The van der Waals surface area contributed by atoms with Gasteiger partial charge in [0.25, 0.3) is 0 Å². The van der Waals surface area contributed by atoms with Crippen molar-refractivity contribution in [1.29, 1.82) is 0 Å². The number of anilines is 1. The van der Waals surface area contributed by atoms with Gasteiger partial charge in [0, 0.05) is 24.8 Å². The van der Waals surface area contributed by atoms with Gasteiger partial charge in [-0.05, 0) is 52.2 Å². The number of hydrogen-bond donors (Lipinski definition) is 1. The van der Waals surface area contributed by atoms with Crippen LogP contribution in [0, 0.1) is 0 Å². The lowest BCUT2D eigenvalue weighted by Crippen LogP contribution is -2.32. The van der Waals surface area contributed by atoms with E-state index >= 15 is 0 Å². The molecule has 0 aliphatic carbocycles. The van der Waals surface area contributed by atoms with E-state index in [-0.39, 0.29) is 0 Å². The van der Waals surface area contributed by atoms with E-state index in [1.807, 2.05) is 0 Å². The first-order valence-corrected chi connectivity index (χ1v) is 6.93. The molecule has 1 unspecified atom stereocenters. The van der Waals surface area contributed by atoms with Crippen LogP contribution in [0.5, 0.6) is 0 Å². The maximum Gasteiger partial charge on any atom is 0.0340 e. The maximum atomic E-state index is 3.47. The summed E-state index contributed by atoms with van der Waals surface area (Å²) >= 11 is 0. The van der Waals surface area contributed by atoms with Crippen molar-refractivity contribution in [1.82, 2.24) is 9.80 Å². The highest BCUT2D eigenvalue weighted by Crippen LogP contribution is 2.13. The molecule has 100 valence electrons. The highest BCUT2D eigenvalue weighted by atomic mass is 15.2. The molecule has 1 aromatic rings. The summed E-state index contributed by atoms with van der Waals surface area (Å²) in [6.07, 6.45) is 2.54. The van der Waals surface area contributed by atoms with Crippen molar-refractivity contribution < 1.29 is 0 Å². The molecule has 1 fully saturated rings. The molecule has 0 aromatic heterocycles. The summed E-state index contributed by atoms with van der Waals surface area (Å²) in [6.45, 7) is 4.77. The van der Waals surface area contributed by atoms with Crippen LogP contribution in [0.15, 0.2) is 30.3 Å². The fourth-order valence-corrected chi connectivity index (χ4v) is 2.53. The summed E-state index contributed by atoms with van der Waals surface area (Å²) in [5.74, 6) is 0. The van der Waals surface area contributed by atoms with Crippen LogP contribution in [0.3, 0.4) is 0 Å². The first-order chi connectivity index (χ1) is 8.75. The third kappa shape index (κ3) is 4.00. The van der Waals surface area contributed by atoms with Gasteiger partial charge in [-0.15, -0.1) is 0 Å². The molecule has 1 saturated heterocycles. The molecule has 3 heteroatoms. The van der Waals surface area contributed by atoms with Crippen molar-refractivity contribution in [3.8, 4) is 0 Å². The Morgan fingerprint density at radius 2 is 2.06 bits per heavy atom. The lowest BCUT2D eigenvalue weighted by molar-refractivity contribution is 0.268. The van der Waals surface area contributed by atoms with Crippen LogP contribution >= 0.6 is 0 Å². The Morgan fingerprint density at radius 3 is 2.72 bits per heavy atom. The van der Waals surface area contributed by atoms with Gasteiger partial charge in [-0.1, -0.05) is 18.2 Å². The van der Waals surface area contributed by atoms with Crippen LogP contribution < -0.4 is 5.32 Å². The van der Waals surface area contributed by atoms with Crippen molar-refractivity contribution in [2.75, 3.05) is 45.6 Å². The fraction of sp³-hybridized carbons (Fsp3) is 0.600. The van der Waals surface area contributed by atoms with E-state index in [0.717, 1.165) is 12.6 Å². The van der Waals surface area contributed by atoms with Crippen molar-refractivity contribution in [3.05, 3.63) is 30.3 Å². The van der Waals surface area contributed by atoms with Crippen molar-refractivity contribution in [2.24, 2.45) is 0 Å². The molecule has 1 aliphatic rings. The van der Waals surface area contributed by atoms with Crippen molar-refractivity contribution >= 4 is 5.69 Å². The minimum Gasteiger partial charge on any atom is -0.385 e. The van der Waals surface area contributed by atoms with Gasteiger partial charge in [0.05, 0.1) is 0 Å². The summed E-state index contributed by atoms with van der Waals surface area (Å²) in [6, 6.07) is 11.2. The molecular formula is C15H25N3. The molecule has 1 atom stereocenters. The molecular weight excluding hydrogens is 222 g/mol. The zero-order valence-corrected chi connectivity index (χ0v) is 11.6. The Bertz CT molecular complexity index is 337. The zero-order chi connectivity index (χ0) is 12.8. The van der Waals surface area contributed by atoms with Crippen molar-refractivity contribution in [3.63, 3.8) is 0 Å². The zero-order valence-electron chi connectivity index (χ0n) is 11.6. The molecule has 18 heavy (non-hydrogen) atoms. The molecule has 1 aromatic carbocycles. The van der Waals surface area contributed by atoms with Gasteiger partial charge >= 0.3 is 0 Å². The number of benzene rings is 1. The molecule has 0 radical (unpaired) electrons. The van der Waals surface area contributed by atoms with Crippen LogP contribution in [0.25, 0.3) is 0 Å². The van der Waals surface area contributed by atoms with E-state index < -0.39 is 0 Å². The molecule has 0 amide bonds. The molecule has 0 saturated carbocycles. The molecule has 3 nitrogen and oxygen atoms in total. The number of rotatable bonds is 6. The largest absolute Gasteiger partial charge is 0.385 e. The molecule has 2 rings (SSSR count). The lowest BCUT2D eigenvalue weighted by atomic mass is 10.2. The lowest BCUT2D eigenvalue weighted by Gasteiger charge is -2.20. The van der Waals surface area contributed by atoms with Gasteiger partial charge in [-0.25, -0.2) is 0 Å². The predicted molar refractivity (Wildman–Crippen MR) is 78.1 cm³/mol. The third-order valence-electron chi connectivity index (χ3n) is 3.73. The first kappa shape index (κ1) is 13.4. The van der Waals surface area contributed by atoms with E-state index in [1.54, 1.807) is 0 Å². The highest BCUT2D eigenvalue weighted by Gasteiger charge is 2.22. The Kier molecular flexibility index (Phi) is 5.02. The Hall–Kier alpha value is -1.06. The number of likely N-dealkylation sites (tertiary alicyclic amines) is 1. The van der Waals surface area contributed by atoms with Gasteiger partial charge in [-0.3, -0.25) is 0 Å². The average molecular weight is 247 g/mol. The Balaban J connectivity index is 1.59. The van der Waals surface area contributed by atoms with Gasteiger partial charge in [0.1, 0.15) is 0 Å². The number of para-hydroxylation sites is 1. The monoisotopic (exact) mass is 247 g/mol. The van der Waals surface area contributed by atoms with Crippen LogP contribution in [0.4, 0.5) is 5.69 Å². The minimum absolute atomic E-state index is 0.757. The van der Waals surface area contributed by atoms with E-state index in [0.29, 0.717) is 0 Å². The van der Waals surface area contributed by atoms with Crippen LogP contribution in [-0.2, 0) is 0 Å². The fourth-order valence-electron chi connectivity index (χ4n) is 2.53. The maximum absolute atomic E-state index is 3.47.